The monoisotopic (exact) mass is 367 g/mol. The van der Waals surface area contributed by atoms with E-state index in [-0.39, 0.29) is 35.0 Å². The molecule has 0 aromatic heterocycles. The Bertz CT molecular complexity index is 703. The number of carbonyl (C=O) groups excluding carboxylic acids is 3. The van der Waals surface area contributed by atoms with Crippen molar-refractivity contribution in [3.63, 3.8) is 0 Å². The molecule has 0 unspecified atom stereocenters. The van der Waals surface area contributed by atoms with E-state index in [0.29, 0.717) is 11.3 Å². The minimum atomic E-state index is -0.824. The highest BCUT2D eigenvalue weighted by Gasteiger charge is 2.29. The Hall–Kier alpha value is -2.24. The summed E-state index contributed by atoms with van der Waals surface area (Å²) < 4.78 is 5.47. The smallest absolute Gasteiger partial charge is 0.288 e. The molecule has 1 fully saturated rings. The zero-order valence-corrected chi connectivity index (χ0v) is 14.3. The molecule has 1 N–H and O–H groups in total. The van der Waals surface area contributed by atoms with Gasteiger partial charge in [0.2, 0.25) is 5.91 Å². The van der Waals surface area contributed by atoms with E-state index in [1.165, 1.54) is 18.2 Å². The minimum absolute atomic E-state index is 0.126. The van der Waals surface area contributed by atoms with Crippen LogP contribution in [0, 0.1) is 11.3 Å². The number of ether oxygens (including phenoxy) is 1. The molecule has 0 spiro atoms. The van der Waals surface area contributed by atoms with E-state index in [4.69, 9.17) is 21.6 Å². The SMILES string of the molecule is C[C@H](Oc1ccc(C#N)cc1Cl)C(=O)NCCN1C(=O)CSC1=O. The van der Waals surface area contributed by atoms with Crippen LogP contribution in [0.2, 0.25) is 5.02 Å². The molecule has 0 aliphatic carbocycles. The number of carbonyl (C=O) groups is 3. The van der Waals surface area contributed by atoms with E-state index >= 15 is 0 Å². The van der Waals surface area contributed by atoms with Crippen molar-refractivity contribution in [3.05, 3.63) is 28.8 Å². The fourth-order valence-electron chi connectivity index (χ4n) is 1.94. The lowest BCUT2D eigenvalue weighted by Gasteiger charge is -2.17. The van der Waals surface area contributed by atoms with E-state index in [0.717, 1.165) is 16.7 Å². The van der Waals surface area contributed by atoms with Crippen molar-refractivity contribution in [2.24, 2.45) is 0 Å². The molecule has 1 aliphatic heterocycles. The molecule has 0 radical (unpaired) electrons. The molecule has 126 valence electrons. The lowest BCUT2D eigenvalue weighted by molar-refractivity contribution is -0.128. The van der Waals surface area contributed by atoms with Gasteiger partial charge in [-0.15, -0.1) is 0 Å². The second-order valence-corrected chi connectivity index (χ2v) is 6.24. The molecule has 2 rings (SSSR count). The molecule has 1 saturated heterocycles. The number of rotatable bonds is 6. The number of thioether (sulfide) groups is 1. The zero-order chi connectivity index (χ0) is 17.7. The van der Waals surface area contributed by atoms with Gasteiger partial charge in [0.1, 0.15) is 5.75 Å². The molecule has 24 heavy (non-hydrogen) atoms. The van der Waals surface area contributed by atoms with Gasteiger partial charge in [-0.1, -0.05) is 23.4 Å². The van der Waals surface area contributed by atoms with E-state index in [2.05, 4.69) is 5.32 Å². The van der Waals surface area contributed by atoms with Crippen LogP contribution in [0.4, 0.5) is 4.79 Å². The fourth-order valence-corrected chi connectivity index (χ4v) is 2.92. The maximum atomic E-state index is 12.0. The first-order chi connectivity index (χ1) is 11.4. The number of imide groups is 1. The van der Waals surface area contributed by atoms with Crippen molar-refractivity contribution >= 4 is 40.4 Å². The minimum Gasteiger partial charge on any atom is -0.479 e. The Kier molecular flexibility index (Phi) is 6.06. The highest BCUT2D eigenvalue weighted by atomic mass is 35.5. The van der Waals surface area contributed by atoms with Crippen molar-refractivity contribution in [1.82, 2.24) is 10.2 Å². The molecule has 0 bridgehead atoms. The fraction of sp³-hybridized carbons (Fsp3) is 0.333. The van der Waals surface area contributed by atoms with Gasteiger partial charge >= 0.3 is 0 Å². The van der Waals surface area contributed by atoms with E-state index in [9.17, 15) is 14.4 Å². The molecule has 1 atom stereocenters. The molecular formula is C15H14ClN3O4S. The lowest BCUT2D eigenvalue weighted by atomic mass is 10.2. The largest absolute Gasteiger partial charge is 0.479 e. The number of halogens is 1. The summed E-state index contributed by atoms with van der Waals surface area (Å²) in [5.74, 6) is -0.224. The van der Waals surface area contributed by atoms with Crippen LogP contribution < -0.4 is 10.1 Å². The summed E-state index contributed by atoms with van der Waals surface area (Å²) in [4.78, 5) is 36.0. The summed E-state index contributed by atoms with van der Waals surface area (Å²) in [6, 6.07) is 6.45. The third-order valence-corrected chi connectivity index (χ3v) is 4.36. The van der Waals surface area contributed by atoms with Gasteiger partial charge in [0.15, 0.2) is 6.10 Å². The van der Waals surface area contributed by atoms with Crippen LogP contribution in [-0.4, -0.2) is 46.9 Å². The van der Waals surface area contributed by atoms with Crippen molar-refractivity contribution in [2.45, 2.75) is 13.0 Å². The Morgan fingerprint density at radius 2 is 2.29 bits per heavy atom. The highest BCUT2D eigenvalue weighted by molar-refractivity contribution is 8.14. The topological polar surface area (TPSA) is 99.5 Å². The molecule has 1 aliphatic rings. The predicted octanol–water partition coefficient (Wildman–Crippen LogP) is 1.79. The van der Waals surface area contributed by atoms with Crippen molar-refractivity contribution in [3.8, 4) is 11.8 Å². The molecule has 1 heterocycles. The van der Waals surface area contributed by atoms with Gasteiger partial charge in [-0.2, -0.15) is 5.26 Å². The van der Waals surface area contributed by atoms with Crippen LogP contribution >= 0.6 is 23.4 Å². The third kappa shape index (κ3) is 4.40. The van der Waals surface area contributed by atoms with Crippen LogP contribution in [0.3, 0.4) is 0 Å². The van der Waals surface area contributed by atoms with Crippen LogP contribution in [0.5, 0.6) is 5.75 Å². The van der Waals surface area contributed by atoms with Gasteiger partial charge in [0, 0.05) is 13.1 Å². The van der Waals surface area contributed by atoms with Crippen LogP contribution in [0.25, 0.3) is 0 Å². The molecule has 1 aromatic rings. The quantitative estimate of drug-likeness (QED) is 0.822. The number of nitrogens with zero attached hydrogens (tertiary/aromatic N) is 2. The van der Waals surface area contributed by atoms with Crippen LogP contribution in [0.1, 0.15) is 12.5 Å². The van der Waals surface area contributed by atoms with Gasteiger partial charge in [0.05, 0.1) is 22.4 Å². The van der Waals surface area contributed by atoms with Crippen molar-refractivity contribution in [2.75, 3.05) is 18.8 Å². The number of nitrogens with one attached hydrogen (secondary N) is 1. The number of nitriles is 1. The maximum Gasteiger partial charge on any atom is 0.288 e. The number of hydrogen-bond donors (Lipinski definition) is 1. The molecular weight excluding hydrogens is 354 g/mol. The Balaban J connectivity index is 1.83. The molecule has 0 saturated carbocycles. The summed E-state index contributed by atoms with van der Waals surface area (Å²) in [6.45, 7) is 1.82. The third-order valence-electron chi connectivity index (χ3n) is 3.21. The van der Waals surface area contributed by atoms with E-state index < -0.39 is 12.0 Å². The lowest BCUT2D eigenvalue weighted by Crippen LogP contribution is -2.42. The highest BCUT2D eigenvalue weighted by Crippen LogP contribution is 2.26. The summed E-state index contributed by atoms with van der Waals surface area (Å²) in [5.41, 5.74) is 0.391. The number of hydrogen-bond acceptors (Lipinski definition) is 6. The molecule has 3 amide bonds. The summed E-state index contributed by atoms with van der Waals surface area (Å²) in [7, 11) is 0. The zero-order valence-electron chi connectivity index (χ0n) is 12.7. The Morgan fingerprint density at radius 1 is 1.54 bits per heavy atom. The van der Waals surface area contributed by atoms with Gasteiger partial charge in [-0.05, 0) is 25.1 Å². The average molecular weight is 368 g/mol. The first-order valence-corrected chi connectivity index (χ1v) is 8.40. The van der Waals surface area contributed by atoms with Gasteiger partial charge in [0.25, 0.3) is 11.1 Å². The summed E-state index contributed by atoms with van der Waals surface area (Å²) in [5, 5.41) is 11.3. The molecule has 1 aromatic carbocycles. The molecule has 7 nitrogen and oxygen atoms in total. The van der Waals surface area contributed by atoms with Crippen molar-refractivity contribution in [1.29, 1.82) is 5.26 Å². The maximum absolute atomic E-state index is 12.0. The van der Waals surface area contributed by atoms with Gasteiger partial charge in [-0.3, -0.25) is 19.3 Å². The van der Waals surface area contributed by atoms with Gasteiger partial charge in [-0.25, -0.2) is 0 Å². The number of amides is 3. The second-order valence-electron chi connectivity index (χ2n) is 4.91. The average Bonchev–Trinajstić information content (AvgIpc) is 2.88. The Morgan fingerprint density at radius 3 is 2.88 bits per heavy atom. The normalized spacial score (nSPS) is 15.1. The Labute approximate surface area is 147 Å². The molecule has 9 heteroatoms. The first-order valence-electron chi connectivity index (χ1n) is 7.03. The standard InChI is InChI=1S/C15H14ClN3O4S/c1-9(23-12-3-2-10(7-17)6-11(12)16)14(21)18-4-5-19-13(20)8-24-15(19)22/h2-3,6,9H,4-5,8H2,1H3,(H,18,21)/t9-/m0/s1. The summed E-state index contributed by atoms with van der Waals surface area (Å²) >= 11 is 6.94. The summed E-state index contributed by atoms with van der Waals surface area (Å²) in [6.07, 6.45) is -0.824. The van der Waals surface area contributed by atoms with Crippen molar-refractivity contribution < 1.29 is 19.1 Å². The van der Waals surface area contributed by atoms with Crippen LogP contribution in [0.15, 0.2) is 18.2 Å². The van der Waals surface area contributed by atoms with E-state index in [1.54, 1.807) is 6.92 Å². The second kappa shape index (κ2) is 8.04. The van der Waals surface area contributed by atoms with E-state index in [1.807, 2.05) is 6.07 Å². The van der Waals surface area contributed by atoms with Crippen LogP contribution in [-0.2, 0) is 9.59 Å². The van der Waals surface area contributed by atoms with Gasteiger partial charge < -0.3 is 10.1 Å². The number of benzene rings is 1. The first kappa shape index (κ1) is 18.1. The predicted molar refractivity (Wildman–Crippen MR) is 88.8 cm³/mol.